The number of rotatable bonds is 10. The number of benzene rings is 3. The Morgan fingerprint density at radius 1 is 0.975 bits per heavy atom. The first-order chi connectivity index (χ1) is 19.0. The van der Waals surface area contributed by atoms with E-state index in [4.69, 9.17) is 14.2 Å². The van der Waals surface area contributed by atoms with Gasteiger partial charge in [-0.25, -0.2) is 13.1 Å². The van der Waals surface area contributed by atoms with E-state index < -0.39 is 33.7 Å². The Labute approximate surface area is 235 Å². The lowest BCUT2D eigenvalue weighted by Crippen LogP contribution is -2.53. The number of carbonyl (C=O) groups excluding carboxylic acids is 1. The molecule has 3 aromatic carbocycles. The number of sulfonamides is 1. The predicted octanol–water partition coefficient (Wildman–Crippen LogP) is 4.85. The van der Waals surface area contributed by atoms with Gasteiger partial charge in [-0.2, -0.15) is 0 Å². The molecule has 0 aromatic heterocycles. The number of carbonyl (C=O) groups is 1. The second kappa shape index (κ2) is 11.9. The van der Waals surface area contributed by atoms with Crippen molar-refractivity contribution in [3.63, 3.8) is 0 Å². The van der Waals surface area contributed by atoms with Crippen LogP contribution < -0.4 is 24.2 Å². The van der Waals surface area contributed by atoms with Crippen LogP contribution in [-0.2, 0) is 16.4 Å². The van der Waals surface area contributed by atoms with Crippen molar-refractivity contribution in [2.24, 2.45) is 0 Å². The van der Waals surface area contributed by atoms with Crippen LogP contribution >= 0.6 is 0 Å². The number of amides is 1. The highest BCUT2D eigenvalue weighted by molar-refractivity contribution is 7.89. The fourth-order valence-corrected chi connectivity index (χ4v) is 5.77. The molecule has 1 heterocycles. The first-order valence-corrected chi connectivity index (χ1v) is 14.8. The molecule has 0 saturated carbocycles. The molecule has 3 aromatic rings. The molecule has 214 valence electrons. The summed E-state index contributed by atoms with van der Waals surface area (Å²) in [6.07, 6.45) is -0.462. The van der Waals surface area contributed by atoms with Crippen molar-refractivity contribution >= 4 is 21.6 Å². The summed E-state index contributed by atoms with van der Waals surface area (Å²) in [5.74, 6) is 0.979. The van der Waals surface area contributed by atoms with Crippen molar-refractivity contribution in [3.05, 3.63) is 77.4 Å². The summed E-state index contributed by atoms with van der Waals surface area (Å²) in [7, 11) is -4.01. The Balaban J connectivity index is 1.67. The highest BCUT2D eigenvalue weighted by Gasteiger charge is 2.45. The summed E-state index contributed by atoms with van der Waals surface area (Å²) in [6.45, 7) is 9.93. The zero-order valence-electron chi connectivity index (χ0n) is 23.4. The lowest BCUT2D eigenvalue weighted by atomic mass is 9.86. The maximum Gasteiger partial charge on any atom is 0.255 e. The molecule has 0 aliphatic carbocycles. The minimum atomic E-state index is -4.01. The molecular formula is C30H36N2O7S. The van der Waals surface area contributed by atoms with Gasteiger partial charge in [0.2, 0.25) is 10.0 Å². The van der Waals surface area contributed by atoms with Gasteiger partial charge in [-0.3, -0.25) is 4.79 Å². The van der Waals surface area contributed by atoms with Crippen LogP contribution in [0, 0.1) is 0 Å². The van der Waals surface area contributed by atoms with Crippen molar-refractivity contribution in [3.8, 4) is 17.2 Å². The van der Waals surface area contributed by atoms with E-state index in [2.05, 4.69) is 10.0 Å². The van der Waals surface area contributed by atoms with Crippen LogP contribution in [0.4, 0.5) is 5.69 Å². The summed E-state index contributed by atoms with van der Waals surface area (Å²) in [5.41, 5.74) is 0.936. The van der Waals surface area contributed by atoms with E-state index in [1.807, 2.05) is 20.8 Å². The third-order valence-electron chi connectivity index (χ3n) is 6.74. The molecule has 2 atom stereocenters. The van der Waals surface area contributed by atoms with Crippen molar-refractivity contribution < 1.29 is 32.5 Å². The standard InChI is InChI=1S/C30H36N2O7S/c1-6-19-9-13-22(14-10-19)40(35,36)32-27-23-17-20(11-15-25(23)39-30(4,5)28(27)33)29(34)31-24-18-21(37-7-2)12-16-26(24)38-8-3/h9-18,27-28,32-33H,6-8H2,1-5H3,(H,31,34)/t27-,28+/m1/s1. The van der Waals surface area contributed by atoms with Gasteiger partial charge in [-0.15, -0.1) is 0 Å². The largest absolute Gasteiger partial charge is 0.494 e. The molecule has 0 unspecified atom stereocenters. The van der Waals surface area contributed by atoms with Gasteiger partial charge in [0, 0.05) is 17.2 Å². The fourth-order valence-electron chi connectivity index (χ4n) is 4.55. The number of anilines is 1. The van der Waals surface area contributed by atoms with Crippen LogP contribution in [0.1, 0.15) is 62.1 Å². The topological polar surface area (TPSA) is 123 Å². The van der Waals surface area contributed by atoms with Crippen molar-refractivity contribution in [1.29, 1.82) is 0 Å². The van der Waals surface area contributed by atoms with Gasteiger partial charge in [0.25, 0.3) is 5.91 Å². The van der Waals surface area contributed by atoms with Gasteiger partial charge in [0.05, 0.1) is 29.8 Å². The summed E-state index contributed by atoms with van der Waals surface area (Å²) in [4.78, 5) is 13.4. The molecule has 0 spiro atoms. The summed E-state index contributed by atoms with van der Waals surface area (Å²) < 4.78 is 46.6. The lowest BCUT2D eigenvalue weighted by Gasteiger charge is -2.42. The third kappa shape index (κ3) is 6.24. The van der Waals surface area contributed by atoms with Gasteiger partial charge in [-0.1, -0.05) is 19.1 Å². The molecule has 1 aliphatic rings. The van der Waals surface area contributed by atoms with Crippen molar-refractivity contribution in [1.82, 2.24) is 4.72 Å². The molecule has 0 bridgehead atoms. The van der Waals surface area contributed by atoms with Crippen molar-refractivity contribution in [2.45, 2.75) is 63.7 Å². The Kier molecular flexibility index (Phi) is 8.72. The van der Waals surface area contributed by atoms with Gasteiger partial charge < -0.3 is 24.6 Å². The molecule has 1 aliphatic heterocycles. The SMILES string of the molecule is CCOc1ccc(OCC)c(NC(=O)c2ccc3c(c2)[C@@H](NS(=O)(=O)c2ccc(CC)cc2)[C@H](O)C(C)(C)O3)c1. The molecule has 9 nitrogen and oxygen atoms in total. The molecule has 0 saturated heterocycles. The van der Waals surface area contributed by atoms with E-state index in [1.165, 1.54) is 18.2 Å². The number of hydrogen-bond acceptors (Lipinski definition) is 7. The van der Waals surface area contributed by atoms with E-state index in [9.17, 15) is 18.3 Å². The number of ether oxygens (including phenoxy) is 3. The minimum absolute atomic E-state index is 0.0780. The molecule has 3 N–H and O–H groups in total. The average molecular weight is 569 g/mol. The Hall–Kier alpha value is -3.60. The molecule has 1 amide bonds. The highest BCUT2D eigenvalue weighted by Crippen LogP contribution is 2.41. The number of hydrogen-bond donors (Lipinski definition) is 3. The first kappa shape index (κ1) is 29.4. The van der Waals surface area contributed by atoms with E-state index in [0.29, 0.717) is 41.7 Å². The van der Waals surface area contributed by atoms with Gasteiger partial charge in [0.15, 0.2) is 0 Å². The molecule has 0 radical (unpaired) electrons. The number of fused-ring (bicyclic) bond motifs is 1. The monoisotopic (exact) mass is 568 g/mol. The summed E-state index contributed by atoms with van der Waals surface area (Å²) in [6, 6.07) is 15.4. The predicted molar refractivity (Wildman–Crippen MR) is 153 cm³/mol. The first-order valence-electron chi connectivity index (χ1n) is 13.3. The molecule has 10 heteroatoms. The van der Waals surface area contributed by atoms with E-state index in [-0.39, 0.29) is 10.5 Å². The lowest BCUT2D eigenvalue weighted by molar-refractivity contribution is -0.0603. The maximum absolute atomic E-state index is 13.4. The minimum Gasteiger partial charge on any atom is -0.494 e. The Morgan fingerprint density at radius 2 is 1.68 bits per heavy atom. The summed E-state index contributed by atoms with van der Waals surface area (Å²) >= 11 is 0. The quantitative estimate of drug-likeness (QED) is 0.320. The van der Waals surface area contributed by atoms with Crippen molar-refractivity contribution in [2.75, 3.05) is 18.5 Å². The normalized spacial score (nSPS) is 17.9. The number of aryl methyl sites for hydroxylation is 1. The van der Waals surface area contributed by atoms with Crippen LogP contribution in [0.15, 0.2) is 65.6 Å². The van der Waals surface area contributed by atoms with E-state index in [1.54, 1.807) is 56.3 Å². The molecule has 40 heavy (non-hydrogen) atoms. The summed E-state index contributed by atoms with van der Waals surface area (Å²) in [5, 5.41) is 14.1. The van der Waals surface area contributed by atoms with Gasteiger partial charge in [0.1, 0.15) is 29.0 Å². The highest BCUT2D eigenvalue weighted by atomic mass is 32.2. The smallest absolute Gasteiger partial charge is 0.255 e. The second-order valence-corrected chi connectivity index (χ2v) is 11.7. The molecular weight excluding hydrogens is 532 g/mol. The zero-order valence-corrected chi connectivity index (χ0v) is 24.2. The van der Waals surface area contributed by atoms with Gasteiger partial charge >= 0.3 is 0 Å². The van der Waals surface area contributed by atoms with Crippen LogP contribution in [0.3, 0.4) is 0 Å². The Bertz CT molecular complexity index is 1470. The average Bonchev–Trinajstić information content (AvgIpc) is 2.92. The van der Waals surface area contributed by atoms with Gasteiger partial charge in [-0.05, 0) is 82.1 Å². The van der Waals surface area contributed by atoms with Crippen LogP contribution in [-0.4, -0.2) is 44.4 Å². The zero-order chi connectivity index (χ0) is 29.1. The number of aliphatic hydroxyl groups excluding tert-OH is 1. The Morgan fingerprint density at radius 3 is 2.33 bits per heavy atom. The number of nitrogens with one attached hydrogen (secondary N) is 2. The van der Waals surface area contributed by atoms with Crippen LogP contribution in [0.5, 0.6) is 17.2 Å². The fraction of sp³-hybridized carbons (Fsp3) is 0.367. The molecule has 4 rings (SSSR count). The van der Waals surface area contributed by atoms with Crippen LogP contribution in [0.2, 0.25) is 0 Å². The van der Waals surface area contributed by atoms with E-state index >= 15 is 0 Å². The second-order valence-electron chi connectivity index (χ2n) is 9.98. The van der Waals surface area contributed by atoms with E-state index in [0.717, 1.165) is 12.0 Å². The van der Waals surface area contributed by atoms with Crippen LogP contribution in [0.25, 0.3) is 0 Å². The number of aliphatic hydroxyl groups is 1. The molecule has 0 fully saturated rings. The maximum atomic E-state index is 13.4. The third-order valence-corrected chi connectivity index (χ3v) is 8.20.